The molecule has 0 unspecified atom stereocenters. The number of halogens is 3. The summed E-state index contributed by atoms with van der Waals surface area (Å²) in [6.45, 7) is 3.93. The second-order valence-electron chi connectivity index (χ2n) is 6.56. The fourth-order valence-corrected chi connectivity index (χ4v) is 2.97. The van der Waals surface area contributed by atoms with Gasteiger partial charge in [0.1, 0.15) is 5.75 Å². The molecule has 0 atom stereocenters. The molecule has 150 valence electrons. The van der Waals surface area contributed by atoms with Crippen molar-refractivity contribution in [3.63, 3.8) is 0 Å². The third-order valence-electron chi connectivity index (χ3n) is 4.35. The summed E-state index contributed by atoms with van der Waals surface area (Å²) < 4.78 is 40.5. The van der Waals surface area contributed by atoms with Gasteiger partial charge in [0, 0.05) is 11.1 Å². The van der Waals surface area contributed by atoms with Gasteiger partial charge in [-0.1, -0.05) is 30.0 Å². The molecule has 3 aromatic rings. The summed E-state index contributed by atoms with van der Waals surface area (Å²) in [5, 5.41) is 2.38. The molecule has 0 N–H and O–H groups in total. The molecule has 3 aromatic carbocycles. The van der Waals surface area contributed by atoms with E-state index in [9.17, 15) is 13.2 Å². The van der Waals surface area contributed by atoms with Crippen LogP contribution in [-0.2, 0) is 0 Å². The predicted octanol–water partition coefficient (Wildman–Crippen LogP) is 7.00. The lowest BCUT2D eigenvalue weighted by Crippen LogP contribution is -2.16. The number of alkyl halides is 3. The van der Waals surface area contributed by atoms with Gasteiger partial charge in [-0.05, 0) is 90.8 Å². The molecule has 0 aliphatic rings. The Morgan fingerprint density at radius 3 is 2.03 bits per heavy atom. The van der Waals surface area contributed by atoms with E-state index in [-0.39, 0.29) is 5.75 Å². The largest absolute Gasteiger partial charge is 0.573 e. The average molecular weight is 423 g/mol. The van der Waals surface area contributed by atoms with Crippen LogP contribution < -0.4 is 4.74 Å². The van der Waals surface area contributed by atoms with E-state index in [1.54, 1.807) is 0 Å². The zero-order chi connectivity index (χ0) is 21.7. The zero-order valence-corrected chi connectivity index (χ0v) is 17.0. The molecule has 3 rings (SSSR count). The molecular weight excluding hydrogens is 407 g/mol. The minimum Gasteiger partial charge on any atom is -0.406 e. The van der Waals surface area contributed by atoms with Crippen molar-refractivity contribution in [3.05, 3.63) is 82.9 Å². The van der Waals surface area contributed by atoms with Gasteiger partial charge in [0.25, 0.3) is 0 Å². The molecule has 0 amide bonds. The van der Waals surface area contributed by atoms with Crippen molar-refractivity contribution in [3.8, 4) is 28.7 Å². The summed E-state index contributed by atoms with van der Waals surface area (Å²) in [7, 11) is 0. The molecule has 6 heteroatoms. The number of aliphatic imine (C=N–C) groups is 1. The third-order valence-corrected chi connectivity index (χ3v) is 4.44. The van der Waals surface area contributed by atoms with Crippen molar-refractivity contribution in [2.75, 3.05) is 0 Å². The van der Waals surface area contributed by atoms with E-state index in [0.29, 0.717) is 5.56 Å². The Kier molecular flexibility index (Phi) is 6.37. The Morgan fingerprint density at radius 2 is 1.47 bits per heavy atom. The molecule has 0 saturated heterocycles. The molecule has 0 aliphatic heterocycles. The second kappa shape index (κ2) is 8.96. The van der Waals surface area contributed by atoms with Crippen molar-refractivity contribution >= 4 is 23.1 Å². The minimum absolute atomic E-state index is 0.272. The third kappa shape index (κ3) is 5.57. The van der Waals surface area contributed by atoms with Crippen LogP contribution in [0.2, 0.25) is 0 Å². The van der Waals surface area contributed by atoms with E-state index in [1.165, 1.54) is 24.3 Å². The highest BCUT2D eigenvalue weighted by Gasteiger charge is 2.30. The monoisotopic (exact) mass is 423 g/mol. The van der Waals surface area contributed by atoms with E-state index in [2.05, 4.69) is 38.9 Å². The molecule has 0 fully saturated rings. The molecule has 0 radical (unpaired) electrons. The van der Waals surface area contributed by atoms with Gasteiger partial charge in [-0.3, -0.25) is 0 Å². The first-order chi connectivity index (χ1) is 14.2. The van der Waals surface area contributed by atoms with Gasteiger partial charge in [0.2, 0.25) is 0 Å². The van der Waals surface area contributed by atoms with Crippen LogP contribution >= 0.6 is 12.2 Å². The molecule has 30 heavy (non-hydrogen) atoms. The van der Waals surface area contributed by atoms with E-state index in [1.807, 2.05) is 50.2 Å². The lowest BCUT2D eigenvalue weighted by molar-refractivity contribution is -0.274. The first-order valence-electron chi connectivity index (χ1n) is 8.92. The topological polar surface area (TPSA) is 21.6 Å². The maximum atomic E-state index is 12.2. The molecule has 2 nitrogen and oxygen atoms in total. The van der Waals surface area contributed by atoms with Gasteiger partial charge in [-0.25, -0.2) is 0 Å². The van der Waals surface area contributed by atoms with Crippen LogP contribution in [0.5, 0.6) is 5.75 Å². The number of thiocarbonyl (C=S) groups is 1. The van der Waals surface area contributed by atoms with Gasteiger partial charge in [0.15, 0.2) is 0 Å². The molecular formula is C24H16F3NOS. The molecule has 0 aliphatic carbocycles. The van der Waals surface area contributed by atoms with Crippen molar-refractivity contribution in [1.82, 2.24) is 0 Å². The van der Waals surface area contributed by atoms with Crippen molar-refractivity contribution in [2.24, 2.45) is 4.99 Å². The number of ether oxygens (including phenoxy) is 1. The number of hydrogen-bond acceptors (Lipinski definition) is 3. The van der Waals surface area contributed by atoms with Crippen LogP contribution in [0.1, 0.15) is 22.3 Å². The number of benzene rings is 3. The van der Waals surface area contributed by atoms with Crippen molar-refractivity contribution < 1.29 is 17.9 Å². The van der Waals surface area contributed by atoms with E-state index in [0.717, 1.165) is 33.5 Å². The molecule has 0 spiro atoms. The number of rotatable bonds is 3. The van der Waals surface area contributed by atoms with Crippen LogP contribution in [0.25, 0.3) is 11.1 Å². The Labute approximate surface area is 178 Å². The smallest absolute Gasteiger partial charge is 0.406 e. The Balaban J connectivity index is 1.80. The van der Waals surface area contributed by atoms with Crippen molar-refractivity contribution in [1.29, 1.82) is 0 Å². The van der Waals surface area contributed by atoms with Crippen LogP contribution in [-0.4, -0.2) is 11.5 Å². The predicted molar refractivity (Wildman–Crippen MR) is 115 cm³/mol. The highest BCUT2D eigenvalue weighted by atomic mass is 32.1. The summed E-state index contributed by atoms with van der Waals surface area (Å²) in [6, 6.07) is 17.3. The van der Waals surface area contributed by atoms with Gasteiger partial charge < -0.3 is 4.74 Å². The van der Waals surface area contributed by atoms with E-state index in [4.69, 9.17) is 0 Å². The first-order valence-corrected chi connectivity index (χ1v) is 9.33. The SMILES string of the molecule is Cc1cc(-c2ccc(N=C=S)c(C)c2)ccc1C#Cc1ccc(OC(F)(F)F)cc1. The lowest BCUT2D eigenvalue weighted by Gasteiger charge is -2.08. The van der Waals surface area contributed by atoms with Crippen LogP contribution in [0.3, 0.4) is 0 Å². The molecule has 0 heterocycles. The molecule has 0 aromatic heterocycles. The Morgan fingerprint density at radius 1 is 0.833 bits per heavy atom. The summed E-state index contributed by atoms with van der Waals surface area (Å²) in [4.78, 5) is 4.03. The van der Waals surface area contributed by atoms with Crippen LogP contribution in [0.15, 0.2) is 65.7 Å². The summed E-state index contributed by atoms with van der Waals surface area (Å²) in [5.74, 6) is 5.76. The Hall–Kier alpha value is -3.39. The minimum atomic E-state index is -4.71. The fraction of sp³-hybridized carbons (Fsp3) is 0.125. The van der Waals surface area contributed by atoms with Crippen molar-refractivity contribution in [2.45, 2.75) is 20.2 Å². The van der Waals surface area contributed by atoms with Gasteiger partial charge in [-0.15, -0.1) is 13.2 Å². The zero-order valence-electron chi connectivity index (χ0n) is 16.2. The fourth-order valence-electron chi connectivity index (χ4n) is 2.87. The van der Waals surface area contributed by atoms with Crippen LogP contribution in [0.4, 0.5) is 18.9 Å². The number of hydrogen-bond donors (Lipinski definition) is 0. The summed E-state index contributed by atoms with van der Waals surface area (Å²) >= 11 is 4.66. The average Bonchev–Trinajstić information content (AvgIpc) is 2.68. The van der Waals surface area contributed by atoms with Gasteiger partial charge in [-0.2, -0.15) is 4.99 Å². The van der Waals surface area contributed by atoms with E-state index >= 15 is 0 Å². The first kappa shape index (κ1) is 21.3. The normalized spacial score (nSPS) is 10.6. The quantitative estimate of drug-likeness (QED) is 0.257. The van der Waals surface area contributed by atoms with E-state index < -0.39 is 6.36 Å². The molecule has 0 bridgehead atoms. The van der Waals surface area contributed by atoms with Gasteiger partial charge >= 0.3 is 6.36 Å². The highest BCUT2D eigenvalue weighted by molar-refractivity contribution is 7.78. The Bertz CT molecular complexity index is 1180. The maximum Gasteiger partial charge on any atom is 0.573 e. The summed E-state index contributed by atoms with van der Waals surface area (Å²) in [6.07, 6.45) is -4.71. The highest BCUT2D eigenvalue weighted by Crippen LogP contribution is 2.28. The maximum absolute atomic E-state index is 12.2. The standard InChI is InChI=1S/C24H16F3NOS/c1-16-13-20(21-9-12-23(28-15-30)17(2)14-21)8-7-19(16)6-3-18-4-10-22(11-5-18)29-24(25,26)27/h4-5,7-14H,1-2H3. The van der Waals surface area contributed by atoms with Crippen LogP contribution in [0, 0.1) is 25.7 Å². The molecule has 0 saturated carbocycles. The van der Waals surface area contributed by atoms with Gasteiger partial charge in [0.05, 0.1) is 10.8 Å². The second-order valence-corrected chi connectivity index (χ2v) is 6.74. The summed E-state index contributed by atoms with van der Waals surface area (Å²) in [5.41, 5.74) is 6.33. The number of aryl methyl sites for hydroxylation is 2. The number of isothiocyanates is 1. The number of nitrogens with zero attached hydrogens (tertiary/aromatic N) is 1. The lowest BCUT2D eigenvalue weighted by atomic mass is 9.98.